The first-order valence-corrected chi connectivity index (χ1v) is 10.7. The highest BCUT2D eigenvalue weighted by molar-refractivity contribution is 5.16. The van der Waals surface area contributed by atoms with Crippen LogP contribution in [0.2, 0.25) is 0 Å². The largest absolute Gasteiger partial charge is 0.303 e. The Morgan fingerprint density at radius 1 is 1.29 bits per heavy atom. The maximum absolute atomic E-state index is 13.0. The molecule has 5 heteroatoms. The molecule has 1 N–H and O–H groups in total. The molecule has 0 unspecified atom stereocenters. The van der Waals surface area contributed by atoms with E-state index in [0.717, 1.165) is 39.0 Å². The third-order valence-electron chi connectivity index (χ3n) is 5.54. The third-order valence-corrected chi connectivity index (χ3v) is 5.54. The van der Waals surface area contributed by atoms with Crippen LogP contribution >= 0.6 is 0 Å². The summed E-state index contributed by atoms with van der Waals surface area (Å²) in [5.74, 6) is 1.19. The van der Waals surface area contributed by atoms with Gasteiger partial charge in [-0.05, 0) is 74.9 Å². The zero-order valence-electron chi connectivity index (χ0n) is 17.6. The molecule has 1 aromatic carbocycles. The average molecular weight is 387 g/mol. The first kappa shape index (κ1) is 21.0. The van der Waals surface area contributed by atoms with Crippen LogP contribution in [0.3, 0.4) is 0 Å². The topological polar surface area (TPSA) is 35.2 Å². The minimum atomic E-state index is -0.154. The molecule has 4 nitrogen and oxygen atoms in total. The summed E-state index contributed by atoms with van der Waals surface area (Å²) in [4.78, 5) is 4.99. The highest BCUT2D eigenvalue weighted by Crippen LogP contribution is 2.19. The van der Waals surface area contributed by atoms with Crippen LogP contribution in [0, 0.1) is 17.7 Å². The second-order valence-electron chi connectivity index (χ2n) is 8.86. The molecule has 0 radical (unpaired) electrons. The minimum Gasteiger partial charge on any atom is -0.303 e. The van der Waals surface area contributed by atoms with Crippen LogP contribution in [0.15, 0.2) is 30.3 Å². The fourth-order valence-electron chi connectivity index (χ4n) is 4.25. The van der Waals surface area contributed by atoms with Crippen LogP contribution in [0.25, 0.3) is 0 Å². The molecule has 1 aliphatic heterocycles. The van der Waals surface area contributed by atoms with Gasteiger partial charge in [0.05, 0.1) is 5.69 Å². The number of aromatic nitrogens is 2. The van der Waals surface area contributed by atoms with Gasteiger partial charge in [-0.2, -0.15) is 5.10 Å². The SMILES string of the molecule is CC(C)Cc1cc(CN(C)C[C@@H]2CCCN(CCc3ccc(F)cc3)C2)[nH]n1. The highest BCUT2D eigenvalue weighted by Gasteiger charge is 2.21. The molecule has 0 aliphatic carbocycles. The molecule has 1 aliphatic rings. The molecule has 2 heterocycles. The predicted molar refractivity (Wildman–Crippen MR) is 113 cm³/mol. The van der Waals surface area contributed by atoms with Crippen molar-refractivity contribution >= 4 is 0 Å². The fourth-order valence-corrected chi connectivity index (χ4v) is 4.25. The number of halogens is 1. The first-order valence-electron chi connectivity index (χ1n) is 10.7. The van der Waals surface area contributed by atoms with E-state index in [9.17, 15) is 4.39 Å². The average Bonchev–Trinajstić information content (AvgIpc) is 3.07. The number of H-pyrrole nitrogens is 1. The number of hydrogen-bond acceptors (Lipinski definition) is 3. The Hall–Kier alpha value is -1.72. The lowest BCUT2D eigenvalue weighted by Gasteiger charge is -2.34. The summed E-state index contributed by atoms with van der Waals surface area (Å²) in [6, 6.07) is 9.15. The van der Waals surface area contributed by atoms with Gasteiger partial charge in [-0.15, -0.1) is 0 Å². The molecule has 0 spiro atoms. The standard InChI is InChI=1S/C23H35FN4/c1-18(2)13-22-14-23(26-25-22)17-27(3)15-20-5-4-11-28(16-20)12-10-19-6-8-21(24)9-7-19/h6-9,14,18,20H,4-5,10-13,15-17H2,1-3H3,(H,25,26)/t20-/m0/s1. The van der Waals surface area contributed by atoms with Gasteiger partial charge in [-0.25, -0.2) is 4.39 Å². The summed E-state index contributed by atoms with van der Waals surface area (Å²) >= 11 is 0. The number of nitrogens with one attached hydrogen (secondary N) is 1. The van der Waals surface area contributed by atoms with E-state index in [4.69, 9.17) is 0 Å². The van der Waals surface area contributed by atoms with Gasteiger partial charge in [0.25, 0.3) is 0 Å². The van der Waals surface area contributed by atoms with Crippen molar-refractivity contribution in [3.05, 3.63) is 53.1 Å². The van der Waals surface area contributed by atoms with Gasteiger partial charge >= 0.3 is 0 Å². The third kappa shape index (κ3) is 6.71. The Kier molecular flexibility index (Phi) is 7.63. The van der Waals surface area contributed by atoms with E-state index < -0.39 is 0 Å². The molecule has 1 fully saturated rings. The number of likely N-dealkylation sites (tertiary alicyclic amines) is 1. The molecule has 1 atom stereocenters. The van der Waals surface area contributed by atoms with Crippen molar-refractivity contribution < 1.29 is 4.39 Å². The highest BCUT2D eigenvalue weighted by atomic mass is 19.1. The number of rotatable bonds is 9. The normalized spacial score (nSPS) is 18.3. The quantitative estimate of drug-likeness (QED) is 0.704. The molecule has 1 saturated heterocycles. The van der Waals surface area contributed by atoms with Crippen molar-refractivity contribution in [1.29, 1.82) is 0 Å². The van der Waals surface area contributed by atoms with Gasteiger partial charge in [-0.1, -0.05) is 26.0 Å². The molecule has 0 amide bonds. The van der Waals surface area contributed by atoms with Gasteiger partial charge in [0.15, 0.2) is 0 Å². The second-order valence-corrected chi connectivity index (χ2v) is 8.86. The molecular weight excluding hydrogens is 351 g/mol. The van der Waals surface area contributed by atoms with E-state index in [1.807, 2.05) is 12.1 Å². The summed E-state index contributed by atoms with van der Waals surface area (Å²) in [5, 5.41) is 7.65. The molecule has 0 saturated carbocycles. The first-order chi connectivity index (χ1) is 13.5. The molecule has 3 rings (SSSR count). The number of benzene rings is 1. The van der Waals surface area contributed by atoms with Crippen molar-refractivity contribution in [2.75, 3.05) is 33.2 Å². The Morgan fingerprint density at radius 3 is 2.82 bits per heavy atom. The summed E-state index contributed by atoms with van der Waals surface area (Å²) in [5.41, 5.74) is 3.60. The van der Waals surface area contributed by atoms with E-state index in [-0.39, 0.29) is 5.82 Å². The van der Waals surface area contributed by atoms with E-state index in [0.29, 0.717) is 11.8 Å². The second kappa shape index (κ2) is 10.2. The maximum Gasteiger partial charge on any atom is 0.123 e. The van der Waals surface area contributed by atoms with Crippen molar-refractivity contribution in [3.63, 3.8) is 0 Å². The van der Waals surface area contributed by atoms with Crippen LogP contribution in [0.5, 0.6) is 0 Å². The lowest BCUT2D eigenvalue weighted by Crippen LogP contribution is -2.40. The minimum absolute atomic E-state index is 0.154. The zero-order valence-corrected chi connectivity index (χ0v) is 17.6. The Morgan fingerprint density at radius 2 is 2.07 bits per heavy atom. The summed E-state index contributed by atoms with van der Waals surface area (Å²) in [7, 11) is 2.21. The van der Waals surface area contributed by atoms with Crippen molar-refractivity contribution in [2.24, 2.45) is 11.8 Å². The summed E-state index contributed by atoms with van der Waals surface area (Å²) in [6.45, 7) is 9.90. The van der Waals surface area contributed by atoms with Gasteiger partial charge in [-0.3, -0.25) is 5.10 Å². The molecule has 2 aromatic rings. The molecule has 28 heavy (non-hydrogen) atoms. The zero-order chi connectivity index (χ0) is 19.9. The Balaban J connectivity index is 1.42. The van der Waals surface area contributed by atoms with Crippen molar-refractivity contribution in [3.8, 4) is 0 Å². The summed E-state index contributed by atoms with van der Waals surface area (Å²) < 4.78 is 13.0. The van der Waals surface area contributed by atoms with Crippen LogP contribution in [-0.2, 0) is 19.4 Å². The van der Waals surface area contributed by atoms with Gasteiger partial charge in [0.2, 0.25) is 0 Å². The lowest BCUT2D eigenvalue weighted by molar-refractivity contribution is 0.142. The molecule has 154 valence electrons. The van der Waals surface area contributed by atoms with Crippen molar-refractivity contribution in [1.82, 2.24) is 20.0 Å². The Bertz CT molecular complexity index is 710. The van der Waals surface area contributed by atoms with Crippen molar-refractivity contribution in [2.45, 2.75) is 46.1 Å². The monoisotopic (exact) mass is 386 g/mol. The molecular formula is C23H35FN4. The van der Waals surface area contributed by atoms with Crippen LogP contribution < -0.4 is 0 Å². The van der Waals surface area contributed by atoms with E-state index in [2.05, 4.69) is 47.0 Å². The van der Waals surface area contributed by atoms with Crippen LogP contribution in [-0.4, -0.2) is 53.2 Å². The lowest BCUT2D eigenvalue weighted by atomic mass is 9.97. The predicted octanol–water partition coefficient (Wildman–Crippen LogP) is 4.13. The van der Waals surface area contributed by atoms with E-state index in [1.165, 1.54) is 36.3 Å². The number of hydrogen-bond donors (Lipinski definition) is 1. The fraction of sp³-hybridized carbons (Fsp3) is 0.609. The van der Waals surface area contributed by atoms with Crippen LogP contribution in [0.4, 0.5) is 4.39 Å². The molecule has 1 aromatic heterocycles. The number of nitrogens with zero attached hydrogens (tertiary/aromatic N) is 3. The summed E-state index contributed by atoms with van der Waals surface area (Å²) in [6.07, 6.45) is 4.60. The van der Waals surface area contributed by atoms with Crippen LogP contribution in [0.1, 0.15) is 43.6 Å². The van der Waals surface area contributed by atoms with Gasteiger partial charge < -0.3 is 9.80 Å². The Labute approximate surface area is 169 Å². The van der Waals surface area contributed by atoms with E-state index in [1.54, 1.807) is 12.1 Å². The van der Waals surface area contributed by atoms with Gasteiger partial charge in [0, 0.05) is 31.9 Å². The number of aromatic amines is 1. The van der Waals surface area contributed by atoms with Gasteiger partial charge in [0.1, 0.15) is 5.82 Å². The number of piperidine rings is 1. The molecule has 0 bridgehead atoms. The van der Waals surface area contributed by atoms with E-state index >= 15 is 0 Å². The maximum atomic E-state index is 13.0. The smallest absolute Gasteiger partial charge is 0.123 e.